The van der Waals surface area contributed by atoms with E-state index in [1.54, 1.807) is 14.1 Å². The maximum Gasteiger partial charge on any atom is 0.248 e. The molecule has 0 bridgehead atoms. The molecule has 2 atom stereocenters. The zero-order valence-corrected chi connectivity index (χ0v) is 15.3. The standard InChI is InChI=1S/C17H26N2O4S/c1-18(2)17(20)13-23-16-9-10-19(24(3,21)22)12-15(16)11-14-7-5-4-6-8-14/h4-8,15-16H,9-13H2,1-3H3/t15-,16-/m1/s1. The number of amides is 1. The lowest BCUT2D eigenvalue weighted by atomic mass is 9.89. The highest BCUT2D eigenvalue weighted by Crippen LogP contribution is 2.25. The number of likely N-dealkylation sites (N-methyl/N-ethyl adjacent to an activating group) is 1. The summed E-state index contributed by atoms with van der Waals surface area (Å²) in [5.41, 5.74) is 1.14. The number of carbonyl (C=O) groups is 1. The summed E-state index contributed by atoms with van der Waals surface area (Å²) in [4.78, 5) is 13.3. The van der Waals surface area contributed by atoms with Gasteiger partial charge in [0.05, 0.1) is 12.4 Å². The Labute approximate surface area is 144 Å². The molecule has 0 unspecified atom stereocenters. The van der Waals surface area contributed by atoms with E-state index in [-0.39, 0.29) is 24.5 Å². The fraction of sp³-hybridized carbons (Fsp3) is 0.588. The van der Waals surface area contributed by atoms with Crippen LogP contribution in [0.25, 0.3) is 0 Å². The van der Waals surface area contributed by atoms with E-state index in [2.05, 4.69) is 0 Å². The Morgan fingerprint density at radius 1 is 1.29 bits per heavy atom. The molecule has 1 saturated heterocycles. The molecule has 0 aromatic heterocycles. The number of nitrogens with zero attached hydrogens (tertiary/aromatic N) is 2. The molecule has 6 nitrogen and oxygen atoms in total. The molecule has 134 valence electrons. The van der Waals surface area contributed by atoms with Crippen LogP contribution in [0.2, 0.25) is 0 Å². The van der Waals surface area contributed by atoms with Gasteiger partial charge in [-0.15, -0.1) is 0 Å². The highest BCUT2D eigenvalue weighted by molar-refractivity contribution is 7.88. The molecule has 1 fully saturated rings. The summed E-state index contributed by atoms with van der Waals surface area (Å²) < 4.78 is 31.1. The monoisotopic (exact) mass is 354 g/mol. The topological polar surface area (TPSA) is 66.9 Å². The highest BCUT2D eigenvalue weighted by atomic mass is 32.2. The van der Waals surface area contributed by atoms with Crippen LogP contribution in [0, 0.1) is 5.92 Å². The van der Waals surface area contributed by atoms with Crippen LogP contribution in [0.1, 0.15) is 12.0 Å². The molecule has 0 radical (unpaired) electrons. The van der Waals surface area contributed by atoms with Crippen LogP contribution in [0.3, 0.4) is 0 Å². The summed E-state index contributed by atoms with van der Waals surface area (Å²) in [7, 11) is 0.171. The molecule has 7 heteroatoms. The minimum atomic E-state index is -3.22. The van der Waals surface area contributed by atoms with Crippen LogP contribution in [-0.2, 0) is 26.0 Å². The minimum Gasteiger partial charge on any atom is -0.368 e. The molecule has 0 aliphatic carbocycles. The van der Waals surface area contributed by atoms with E-state index < -0.39 is 10.0 Å². The van der Waals surface area contributed by atoms with Crippen molar-refractivity contribution in [1.82, 2.24) is 9.21 Å². The lowest BCUT2D eigenvalue weighted by Crippen LogP contribution is -2.47. The van der Waals surface area contributed by atoms with E-state index in [0.29, 0.717) is 19.5 Å². The fourth-order valence-electron chi connectivity index (χ4n) is 2.92. The number of sulfonamides is 1. The Balaban J connectivity index is 2.08. The first-order valence-corrected chi connectivity index (χ1v) is 9.93. The van der Waals surface area contributed by atoms with Crippen molar-refractivity contribution in [2.24, 2.45) is 5.92 Å². The van der Waals surface area contributed by atoms with Gasteiger partial charge in [-0.25, -0.2) is 12.7 Å². The van der Waals surface area contributed by atoms with Crippen molar-refractivity contribution < 1.29 is 17.9 Å². The van der Waals surface area contributed by atoms with E-state index >= 15 is 0 Å². The van der Waals surface area contributed by atoms with E-state index in [0.717, 1.165) is 12.0 Å². The minimum absolute atomic E-state index is 0.0296. The number of rotatable bonds is 6. The van der Waals surface area contributed by atoms with Crippen molar-refractivity contribution in [3.8, 4) is 0 Å². The second kappa shape index (κ2) is 8.09. The number of piperidine rings is 1. The normalized spacial score (nSPS) is 22.3. The average Bonchev–Trinajstić information content (AvgIpc) is 2.53. The predicted molar refractivity (Wildman–Crippen MR) is 93.1 cm³/mol. The van der Waals surface area contributed by atoms with Crippen molar-refractivity contribution in [3.63, 3.8) is 0 Å². The number of ether oxygens (including phenoxy) is 1. The molecule has 1 aromatic rings. The largest absolute Gasteiger partial charge is 0.368 e. The fourth-order valence-corrected chi connectivity index (χ4v) is 3.82. The first-order valence-electron chi connectivity index (χ1n) is 8.08. The summed E-state index contributed by atoms with van der Waals surface area (Å²) in [6.45, 7) is 0.890. The number of benzene rings is 1. The third kappa shape index (κ3) is 5.29. The summed E-state index contributed by atoms with van der Waals surface area (Å²) in [5.74, 6) is -0.0511. The van der Waals surface area contributed by atoms with E-state index in [4.69, 9.17) is 4.74 Å². The highest BCUT2D eigenvalue weighted by Gasteiger charge is 2.34. The van der Waals surface area contributed by atoms with Crippen LogP contribution in [0.5, 0.6) is 0 Å². The van der Waals surface area contributed by atoms with Gasteiger partial charge < -0.3 is 9.64 Å². The van der Waals surface area contributed by atoms with E-state index in [9.17, 15) is 13.2 Å². The van der Waals surface area contributed by atoms with Gasteiger partial charge in [-0.05, 0) is 18.4 Å². The zero-order chi connectivity index (χ0) is 17.7. The zero-order valence-electron chi connectivity index (χ0n) is 14.5. The second-order valence-corrected chi connectivity index (χ2v) is 8.48. The van der Waals surface area contributed by atoms with Gasteiger partial charge in [0.2, 0.25) is 15.9 Å². The summed E-state index contributed by atoms with van der Waals surface area (Å²) in [5, 5.41) is 0. The van der Waals surface area contributed by atoms with Crippen LogP contribution >= 0.6 is 0 Å². The van der Waals surface area contributed by atoms with Gasteiger partial charge in [0, 0.05) is 33.1 Å². The predicted octanol–water partition coefficient (Wildman–Crippen LogP) is 0.984. The quantitative estimate of drug-likeness (QED) is 0.764. The Bertz CT molecular complexity index is 646. The molecular formula is C17H26N2O4S. The molecular weight excluding hydrogens is 328 g/mol. The van der Waals surface area contributed by atoms with Crippen molar-refractivity contribution in [2.45, 2.75) is 18.9 Å². The van der Waals surface area contributed by atoms with Crippen molar-refractivity contribution in [3.05, 3.63) is 35.9 Å². The Morgan fingerprint density at radius 3 is 2.54 bits per heavy atom. The average molecular weight is 354 g/mol. The second-order valence-electron chi connectivity index (χ2n) is 6.50. The maximum absolute atomic E-state index is 11.9. The Hall–Kier alpha value is -1.44. The molecule has 1 aliphatic rings. The van der Waals surface area contributed by atoms with Crippen LogP contribution in [0.15, 0.2) is 30.3 Å². The number of hydrogen-bond acceptors (Lipinski definition) is 4. The number of carbonyl (C=O) groups excluding carboxylic acids is 1. The lowest BCUT2D eigenvalue weighted by molar-refractivity contribution is -0.138. The van der Waals surface area contributed by atoms with Crippen LogP contribution in [-0.4, -0.2) is 69.7 Å². The Kier molecular flexibility index (Phi) is 6.37. The van der Waals surface area contributed by atoms with Gasteiger partial charge in [-0.2, -0.15) is 0 Å². The molecule has 1 aliphatic heterocycles. The van der Waals surface area contributed by atoms with E-state index in [1.165, 1.54) is 15.5 Å². The molecule has 0 N–H and O–H groups in total. The smallest absolute Gasteiger partial charge is 0.248 e. The molecule has 0 saturated carbocycles. The molecule has 1 amide bonds. The van der Waals surface area contributed by atoms with Crippen molar-refractivity contribution >= 4 is 15.9 Å². The summed E-state index contributed by atoms with van der Waals surface area (Å²) in [6, 6.07) is 9.95. The summed E-state index contributed by atoms with van der Waals surface area (Å²) in [6.07, 6.45) is 2.45. The summed E-state index contributed by atoms with van der Waals surface area (Å²) >= 11 is 0. The lowest BCUT2D eigenvalue weighted by Gasteiger charge is -2.37. The SMILES string of the molecule is CN(C)C(=O)CO[C@@H]1CCN(S(C)(=O)=O)C[C@H]1Cc1ccccc1. The van der Waals surface area contributed by atoms with Gasteiger partial charge in [0.1, 0.15) is 6.61 Å². The first-order chi connectivity index (χ1) is 11.3. The molecule has 1 aromatic carbocycles. The van der Waals surface area contributed by atoms with E-state index in [1.807, 2.05) is 30.3 Å². The van der Waals surface area contributed by atoms with Gasteiger partial charge in [0.15, 0.2) is 0 Å². The molecule has 24 heavy (non-hydrogen) atoms. The van der Waals surface area contributed by atoms with Crippen LogP contribution in [0.4, 0.5) is 0 Å². The van der Waals surface area contributed by atoms with Gasteiger partial charge in [-0.3, -0.25) is 4.79 Å². The van der Waals surface area contributed by atoms with Gasteiger partial charge >= 0.3 is 0 Å². The van der Waals surface area contributed by atoms with Gasteiger partial charge in [0.25, 0.3) is 0 Å². The van der Waals surface area contributed by atoms with Crippen molar-refractivity contribution in [1.29, 1.82) is 0 Å². The molecule has 2 rings (SSSR count). The third-order valence-corrected chi connectivity index (χ3v) is 5.63. The van der Waals surface area contributed by atoms with Crippen molar-refractivity contribution in [2.75, 3.05) is 40.0 Å². The molecule has 0 spiro atoms. The first kappa shape index (κ1) is 18.9. The van der Waals surface area contributed by atoms with Crippen LogP contribution < -0.4 is 0 Å². The third-order valence-electron chi connectivity index (χ3n) is 4.36. The maximum atomic E-state index is 11.9. The molecule has 1 heterocycles. The van der Waals surface area contributed by atoms with Gasteiger partial charge in [-0.1, -0.05) is 30.3 Å². The number of hydrogen-bond donors (Lipinski definition) is 0. The Morgan fingerprint density at radius 2 is 1.96 bits per heavy atom.